The summed E-state index contributed by atoms with van der Waals surface area (Å²) in [5.74, 6) is 0. The van der Waals surface area contributed by atoms with E-state index in [1.165, 1.54) is 27.9 Å². The van der Waals surface area contributed by atoms with Crippen LogP contribution in [0.2, 0.25) is 0 Å². The number of aryl methyl sites for hydroxylation is 3. The van der Waals surface area contributed by atoms with Crippen LogP contribution in [0.4, 0.5) is 0 Å². The molecule has 0 unspecified atom stereocenters. The lowest BCUT2D eigenvalue weighted by Crippen LogP contribution is -3.00. The number of imidazole rings is 1. The fourth-order valence-electron chi connectivity index (χ4n) is 2.97. The summed E-state index contributed by atoms with van der Waals surface area (Å²) in [5, 5.41) is 0. The van der Waals surface area contributed by atoms with Crippen LogP contribution in [0.5, 0.6) is 0 Å². The number of nitrogens with zero attached hydrogens (tertiary/aromatic N) is 3. The third-order valence-corrected chi connectivity index (χ3v) is 4.35. The summed E-state index contributed by atoms with van der Waals surface area (Å²) < 4.78 is 3.13. The van der Waals surface area contributed by atoms with Crippen LogP contribution in [0.1, 0.15) is 22.4 Å². The summed E-state index contributed by atoms with van der Waals surface area (Å²) in [4.78, 5) is 4.99. The molecular formula is C20H26IN3. The molecule has 24 heavy (non-hydrogen) atoms. The van der Waals surface area contributed by atoms with Crippen molar-refractivity contribution in [1.82, 2.24) is 9.38 Å². The lowest BCUT2D eigenvalue weighted by atomic mass is 10.0. The van der Waals surface area contributed by atoms with E-state index in [9.17, 15) is 0 Å². The first-order valence-electron chi connectivity index (χ1n) is 8.11. The number of halogens is 1. The maximum absolute atomic E-state index is 4.99. The normalized spacial score (nSPS) is 11.6. The third kappa shape index (κ3) is 3.64. The van der Waals surface area contributed by atoms with Crippen LogP contribution in [0.15, 0.2) is 36.5 Å². The van der Waals surface area contributed by atoms with Gasteiger partial charge in [-0.05, 0) is 49.6 Å². The van der Waals surface area contributed by atoms with E-state index in [0.717, 1.165) is 22.4 Å². The van der Waals surface area contributed by atoms with Gasteiger partial charge in [0.15, 0.2) is 0 Å². The molecular weight excluding hydrogens is 409 g/mol. The minimum absolute atomic E-state index is 0. The van der Waals surface area contributed by atoms with E-state index in [1.807, 2.05) is 0 Å². The van der Waals surface area contributed by atoms with Crippen molar-refractivity contribution >= 4 is 5.65 Å². The molecule has 0 aliphatic rings. The molecule has 0 fully saturated rings. The minimum atomic E-state index is 0. The van der Waals surface area contributed by atoms with Gasteiger partial charge in [-0.1, -0.05) is 18.2 Å². The van der Waals surface area contributed by atoms with Crippen molar-refractivity contribution in [3.05, 3.63) is 58.9 Å². The lowest BCUT2D eigenvalue weighted by Gasteiger charge is -2.24. The number of hydrogen-bond acceptors (Lipinski definition) is 1. The first-order chi connectivity index (χ1) is 10.8. The van der Waals surface area contributed by atoms with Crippen molar-refractivity contribution in [2.45, 2.75) is 27.3 Å². The largest absolute Gasteiger partial charge is 1.00 e. The maximum atomic E-state index is 4.99. The molecule has 0 spiro atoms. The second kappa shape index (κ2) is 6.84. The molecule has 0 saturated carbocycles. The molecule has 2 aromatic heterocycles. The molecule has 0 amide bonds. The predicted octanol–water partition coefficient (Wildman–Crippen LogP) is 1.14. The molecule has 0 saturated heterocycles. The molecule has 4 heteroatoms. The van der Waals surface area contributed by atoms with E-state index in [4.69, 9.17) is 4.98 Å². The van der Waals surface area contributed by atoms with Crippen LogP contribution in [0.25, 0.3) is 16.9 Å². The van der Waals surface area contributed by atoms with Gasteiger partial charge in [-0.2, -0.15) is 0 Å². The molecule has 3 rings (SSSR count). The van der Waals surface area contributed by atoms with E-state index < -0.39 is 0 Å². The standard InChI is InChI=1S/C20H26N3.HI/c1-14-9-10-17(12-16(14)3)19-18(13-23(4,5)6)22-11-7-8-15(2)20(22)21-19;/h7-12H,13H2,1-6H3;1H/q+1;/p-1. The van der Waals surface area contributed by atoms with Gasteiger partial charge in [-0.25, -0.2) is 4.98 Å². The summed E-state index contributed by atoms with van der Waals surface area (Å²) in [5.41, 5.74) is 8.50. The van der Waals surface area contributed by atoms with E-state index in [2.05, 4.69) is 82.8 Å². The third-order valence-electron chi connectivity index (χ3n) is 4.35. The van der Waals surface area contributed by atoms with Gasteiger partial charge in [0.2, 0.25) is 0 Å². The molecule has 3 aromatic rings. The number of quaternary nitrogens is 1. The zero-order valence-electron chi connectivity index (χ0n) is 15.4. The second-order valence-electron chi connectivity index (χ2n) is 7.54. The Bertz CT molecular complexity index is 872. The number of hydrogen-bond donors (Lipinski definition) is 0. The van der Waals surface area contributed by atoms with Crippen LogP contribution in [0.3, 0.4) is 0 Å². The fraction of sp³-hybridized carbons (Fsp3) is 0.350. The highest BCUT2D eigenvalue weighted by Crippen LogP contribution is 2.28. The Hall–Kier alpha value is -1.40. The van der Waals surface area contributed by atoms with Crippen LogP contribution < -0.4 is 24.0 Å². The summed E-state index contributed by atoms with van der Waals surface area (Å²) in [6.07, 6.45) is 2.13. The first kappa shape index (κ1) is 18.9. The minimum Gasteiger partial charge on any atom is -1.00 e. The average Bonchev–Trinajstić information content (AvgIpc) is 2.80. The zero-order chi connectivity index (χ0) is 16.8. The van der Waals surface area contributed by atoms with E-state index in [0.29, 0.717) is 0 Å². The lowest BCUT2D eigenvalue weighted by molar-refractivity contribution is -0.884. The van der Waals surface area contributed by atoms with Crippen LogP contribution >= 0.6 is 0 Å². The SMILES string of the molecule is Cc1ccc(-c2nc3c(C)cccn3c2C[N+](C)(C)C)cc1C.[I-]. The van der Waals surface area contributed by atoms with E-state index in [1.54, 1.807) is 0 Å². The van der Waals surface area contributed by atoms with Crippen molar-refractivity contribution in [1.29, 1.82) is 0 Å². The number of aromatic nitrogens is 2. The van der Waals surface area contributed by atoms with Crippen molar-refractivity contribution in [3.63, 3.8) is 0 Å². The van der Waals surface area contributed by atoms with Crippen LogP contribution in [-0.2, 0) is 6.54 Å². The van der Waals surface area contributed by atoms with Gasteiger partial charge in [0.25, 0.3) is 0 Å². The topological polar surface area (TPSA) is 17.3 Å². The Morgan fingerprint density at radius 3 is 2.29 bits per heavy atom. The summed E-state index contributed by atoms with van der Waals surface area (Å²) in [7, 11) is 6.66. The first-order valence-corrected chi connectivity index (χ1v) is 8.11. The molecule has 0 aliphatic carbocycles. The zero-order valence-corrected chi connectivity index (χ0v) is 17.5. The molecule has 3 nitrogen and oxygen atoms in total. The molecule has 1 aromatic carbocycles. The highest BCUT2D eigenvalue weighted by atomic mass is 127. The summed E-state index contributed by atoms with van der Waals surface area (Å²) in [6, 6.07) is 10.9. The predicted molar refractivity (Wildman–Crippen MR) is 96.6 cm³/mol. The Balaban J connectivity index is 0.00000208. The van der Waals surface area contributed by atoms with E-state index >= 15 is 0 Å². The molecule has 0 N–H and O–H groups in total. The Labute approximate surface area is 161 Å². The Morgan fingerprint density at radius 2 is 1.67 bits per heavy atom. The van der Waals surface area contributed by atoms with Crippen molar-refractivity contribution in [2.75, 3.05) is 21.1 Å². The van der Waals surface area contributed by atoms with Gasteiger partial charge in [-0.3, -0.25) is 4.40 Å². The molecule has 128 valence electrons. The van der Waals surface area contributed by atoms with Gasteiger partial charge < -0.3 is 28.5 Å². The quantitative estimate of drug-likeness (QED) is 0.446. The molecule has 2 heterocycles. The Morgan fingerprint density at radius 1 is 0.958 bits per heavy atom. The smallest absolute Gasteiger partial charge is 0.140 e. The highest BCUT2D eigenvalue weighted by Gasteiger charge is 2.21. The fourth-order valence-corrected chi connectivity index (χ4v) is 2.97. The number of rotatable bonds is 3. The number of fused-ring (bicyclic) bond motifs is 1. The summed E-state index contributed by atoms with van der Waals surface area (Å²) >= 11 is 0. The van der Waals surface area contributed by atoms with Crippen LogP contribution in [0, 0.1) is 20.8 Å². The van der Waals surface area contributed by atoms with Gasteiger partial charge >= 0.3 is 0 Å². The monoisotopic (exact) mass is 435 g/mol. The highest BCUT2D eigenvalue weighted by molar-refractivity contribution is 5.68. The molecule has 0 radical (unpaired) electrons. The van der Waals surface area contributed by atoms with Gasteiger partial charge in [0.05, 0.1) is 26.8 Å². The molecule has 0 aliphatic heterocycles. The molecule has 0 bridgehead atoms. The van der Waals surface area contributed by atoms with Crippen molar-refractivity contribution < 1.29 is 28.5 Å². The van der Waals surface area contributed by atoms with Gasteiger partial charge in [0.1, 0.15) is 17.9 Å². The van der Waals surface area contributed by atoms with Crippen molar-refractivity contribution in [2.24, 2.45) is 0 Å². The van der Waals surface area contributed by atoms with Crippen molar-refractivity contribution in [3.8, 4) is 11.3 Å². The van der Waals surface area contributed by atoms with Crippen LogP contribution in [-0.4, -0.2) is 35.0 Å². The number of pyridine rings is 1. The molecule has 0 atom stereocenters. The Kier molecular flexibility index (Phi) is 5.40. The average molecular weight is 435 g/mol. The number of benzene rings is 1. The van der Waals surface area contributed by atoms with E-state index in [-0.39, 0.29) is 24.0 Å². The van der Waals surface area contributed by atoms with Gasteiger partial charge in [-0.15, -0.1) is 0 Å². The van der Waals surface area contributed by atoms with Gasteiger partial charge in [0, 0.05) is 11.8 Å². The maximum Gasteiger partial charge on any atom is 0.140 e. The summed E-state index contributed by atoms with van der Waals surface area (Å²) in [6.45, 7) is 7.38. The second-order valence-corrected chi connectivity index (χ2v) is 7.54.